The first-order chi connectivity index (χ1) is 23.4. The van der Waals surface area contributed by atoms with Crippen molar-refractivity contribution in [2.75, 3.05) is 25.7 Å². The maximum Gasteiger partial charge on any atom is 0.328 e. The van der Waals surface area contributed by atoms with Crippen LogP contribution in [-0.4, -0.2) is 76.0 Å². The summed E-state index contributed by atoms with van der Waals surface area (Å²) in [5, 5.41) is 17.7. The van der Waals surface area contributed by atoms with Gasteiger partial charge in [-0.15, -0.1) is 0 Å². The van der Waals surface area contributed by atoms with Gasteiger partial charge >= 0.3 is 5.97 Å². The maximum absolute atomic E-state index is 14.6. The van der Waals surface area contributed by atoms with Gasteiger partial charge < -0.3 is 24.8 Å². The number of nitriles is 1. The van der Waals surface area contributed by atoms with Crippen molar-refractivity contribution in [2.45, 2.75) is 63.3 Å². The molecule has 0 spiro atoms. The Morgan fingerprint density at radius 1 is 1.15 bits per heavy atom. The quantitative estimate of drug-likeness (QED) is 0.178. The number of rotatable bonds is 15. The van der Waals surface area contributed by atoms with Crippen LogP contribution in [0.4, 0.5) is 0 Å². The van der Waals surface area contributed by atoms with Crippen LogP contribution in [0.1, 0.15) is 48.1 Å². The Bertz CT molecular complexity index is 1740. The third kappa shape index (κ3) is 8.82. The number of carbonyl (C=O) groups is 3. The predicted octanol–water partition coefficient (Wildman–Crippen LogP) is 4.45. The predicted molar refractivity (Wildman–Crippen MR) is 187 cm³/mol. The summed E-state index contributed by atoms with van der Waals surface area (Å²) in [4.78, 5) is 47.6. The van der Waals surface area contributed by atoms with E-state index in [4.69, 9.17) is 4.74 Å². The minimum atomic E-state index is -0.844. The van der Waals surface area contributed by atoms with Gasteiger partial charge in [0.25, 0.3) is 0 Å². The van der Waals surface area contributed by atoms with E-state index in [0.29, 0.717) is 36.4 Å². The van der Waals surface area contributed by atoms with E-state index in [1.165, 1.54) is 7.11 Å². The van der Waals surface area contributed by atoms with Gasteiger partial charge in [-0.3, -0.25) is 9.59 Å². The molecule has 1 saturated heterocycles. The second-order valence-electron chi connectivity index (χ2n) is 12.1. The monoisotopic (exact) mass is 666 g/mol. The van der Waals surface area contributed by atoms with Crippen molar-refractivity contribution in [3.8, 4) is 6.07 Å². The van der Waals surface area contributed by atoms with Crippen molar-refractivity contribution < 1.29 is 19.1 Å². The molecule has 48 heavy (non-hydrogen) atoms. The number of nitrogens with zero attached hydrogens (tertiary/aromatic N) is 4. The zero-order valence-corrected chi connectivity index (χ0v) is 28.2. The molecule has 250 valence electrons. The minimum Gasteiger partial charge on any atom is -0.467 e. The number of nitrogens with one attached hydrogen (secondary N) is 2. The van der Waals surface area contributed by atoms with Crippen LogP contribution in [0.15, 0.2) is 79.3 Å². The second-order valence-corrected chi connectivity index (χ2v) is 13.1. The molecule has 2 heterocycles. The molecule has 0 radical (unpaired) electrons. The molecule has 1 aliphatic rings. The highest BCUT2D eigenvalue weighted by atomic mass is 32.2. The van der Waals surface area contributed by atoms with Crippen molar-refractivity contribution in [1.82, 2.24) is 25.1 Å². The molecule has 0 saturated carbocycles. The van der Waals surface area contributed by atoms with E-state index in [1.807, 2.05) is 65.4 Å². The molecule has 3 aromatic carbocycles. The van der Waals surface area contributed by atoms with E-state index in [2.05, 4.69) is 21.7 Å². The average molecular weight is 667 g/mol. The summed E-state index contributed by atoms with van der Waals surface area (Å²) in [5.74, 6) is -0.438. The summed E-state index contributed by atoms with van der Waals surface area (Å²) in [6.45, 7) is 1.54. The van der Waals surface area contributed by atoms with Crippen molar-refractivity contribution in [1.29, 1.82) is 5.26 Å². The lowest BCUT2D eigenvalue weighted by molar-refractivity contribution is -0.147. The second kappa shape index (κ2) is 16.9. The number of esters is 1. The van der Waals surface area contributed by atoms with Gasteiger partial charge in [0.2, 0.25) is 11.8 Å². The van der Waals surface area contributed by atoms with E-state index in [-0.39, 0.29) is 30.8 Å². The van der Waals surface area contributed by atoms with Crippen LogP contribution in [0.5, 0.6) is 0 Å². The Hall–Kier alpha value is -4.66. The topological polar surface area (TPSA) is 129 Å². The van der Waals surface area contributed by atoms with Crippen molar-refractivity contribution >= 4 is 40.3 Å². The van der Waals surface area contributed by atoms with Gasteiger partial charge in [0.1, 0.15) is 12.1 Å². The van der Waals surface area contributed by atoms with Crippen LogP contribution in [0.3, 0.4) is 0 Å². The maximum atomic E-state index is 14.6. The number of fused-ring (bicyclic) bond motifs is 1. The third-order valence-corrected chi connectivity index (χ3v) is 9.51. The number of amides is 2. The lowest BCUT2D eigenvalue weighted by Gasteiger charge is -2.34. The summed E-state index contributed by atoms with van der Waals surface area (Å²) in [5.41, 5.74) is 3.18. The van der Waals surface area contributed by atoms with Crippen molar-refractivity contribution in [3.63, 3.8) is 0 Å². The molecule has 1 unspecified atom stereocenters. The number of ether oxygens (including phenoxy) is 1. The van der Waals surface area contributed by atoms with E-state index in [9.17, 15) is 19.6 Å². The molecular weight excluding hydrogens is 625 g/mol. The molecule has 1 aliphatic heterocycles. The van der Waals surface area contributed by atoms with Gasteiger partial charge in [-0.1, -0.05) is 54.6 Å². The van der Waals surface area contributed by atoms with Crippen LogP contribution in [0, 0.1) is 11.3 Å². The van der Waals surface area contributed by atoms with Crippen LogP contribution in [0.2, 0.25) is 0 Å². The van der Waals surface area contributed by atoms with Gasteiger partial charge in [0.05, 0.1) is 31.5 Å². The highest BCUT2D eigenvalue weighted by Gasteiger charge is 2.36. The molecule has 10 nitrogen and oxygen atoms in total. The van der Waals surface area contributed by atoms with E-state index in [0.717, 1.165) is 41.3 Å². The smallest absolute Gasteiger partial charge is 0.328 e. The molecule has 5 rings (SSSR count). The lowest BCUT2D eigenvalue weighted by atomic mass is 9.99. The SMILES string of the molecule is COC(=O)[C@H](CCSC)NC(=O)C(C[C@@H]1CCCN1)N(Cc1cccc2ccccc12)C(=O)Cc1cncn1Cc1ccc(C#N)cc1. The number of methoxy groups -OCH3 is 1. The Morgan fingerprint density at radius 3 is 2.67 bits per heavy atom. The van der Waals surface area contributed by atoms with E-state index >= 15 is 0 Å². The van der Waals surface area contributed by atoms with Gasteiger partial charge in [-0.25, -0.2) is 9.78 Å². The molecule has 0 bridgehead atoms. The van der Waals surface area contributed by atoms with Crippen LogP contribution < -0.4 is 10.6 Å². The summed E-state index contributed by atoms with van der Waals surface area (Å²) in [6, 6.07) is 21.8. The van der Waals surface area contributed by atoms with Gasteiger partial charge in [-0.2, -0.15) is 17.0 Å². The average Bonchev–Trinajstić information content (AvgIpc) is 3.80. The standard InChI is InChI=1S/C37H42N6O4S/c1-47-37(46)33(16-18-48-2)41-36(45)34(19-30-10-6-17-40-30)43(24-29-9-5-8-28-7-3-4-11-32(28)29)35(44)20-31-22-39-25-42(31)23-27-14-12-26(21-38)13-15-27/h3-5,7-9,11-15,22,25,30,33-34,40H,6,10,16-20,23-24H2,1-2H3,(H,41,45)/t30-,33-,34?/m0/s1. The minimum absolute atomic E-state index is 0.0236. The fourth-order valence-electron chi connectivity index (χ4n) is 6.26. The molecule has 3 atom stereocenters. The number of thioether (sulfide) groups is 1. The Morgan fingerprint density at radius 2 is 1.94 bits per heavy atom. The molecule has 11 heteroatoms. The first kappa shape index (κ1) is 34.7. The lowest BCUT2D eigenvalue weighted by Crippen LogP contribution is -2.55. The normalized spacial score (nSPS) is 15.4. The third-order valence-electron chi connectivity index (χ3n) is 8.87. The fraction of sp³-hybridized carbons (Fsp3) is 0.378. The molecular formula is C37H42N6O4S. The molecule has 1 fully saturated rings. The van der Waals surface area contributed by atoms with Crippen LogP contribution in [-0.2, 0) is 38.6 Å². The summed E-state index contributed by atoms with van der Waals surface area (Å²) in [6.07, 6.45) is 8.05. The zero-order valence-electron chi connectivity index (χ0n) is 27.4. The summed E-state index contributed by atoms with van der Waals surface area (Å²) >= 11 is 1.58. The van der Waals surface area contributed by atoms with E-state index in [1.54, 1.807) is 41.3 Å². The van der Waals surface area contributed by atoms with Crippen LogP contribution >= 0.6 is 11.8 Å². The van der Waals surface area contributed by atoms with E-state index < -0.39 is 18.1 Å². The Balaban J connectivity index is 1.49. The molecule has 1 aromatic heterocycles. The number of aromatic nitrogens is 2. The molecule has 2 amide bonds. The Kier molecular flexibility index (Phi) is 12.2. The summed E-state index contributed by atoms with van der Waals surface area (Å²) in [7, 11) is 1.32. The molecule has 4 aromatic rings. The number of hydrogen-bond acceptors (Lipinski definition) is 8. The highest BCUT2D eigenvalue weighted by Crippen LogP contribution is 2.24. The molecule has 0 aliphatic carbocycles. The summed E-state index contributed by atoms with van der Waals surface area (Å²) < 4.78 is 6.95. The number of benzene rings is 3. The highest BCUT2D eigenvalue weighted by molar-refractivity contribution is 7.98. The van der Waals surface area contributed by atoms with Gasteiger partial charge in [0.15, 0.2) is 0 Å². The number of hydrogen-bond donors (Lipinski definition) is 2. The zero-order chi connectivity index (χ0) is 33.9. The largest absolute Gasteiger partial charge is 0.467 e. The molecule has 2 N–H and O–H groups in total. The number of imidazole rings is 1. The van der Waals surface area contributed by atoms with Crippen molar-refractivity contribution in [3.05, 3.63) is 102 Å². The van der Waals surface area contributed by atoms with Gasteiger partial charge in [0, 0.05) is 31.0 Å². The fourth-order valence-corrected chi connectivity index (χ4v) is 6.73. The van der Waals surface area contributed by atoms with Crippen LogP contribution in [0.25, 0.3) is 10.8 Å². The first-order valence-corrected chi connectivity index (χ1v) is 17.6. The van der Waals surface area contributed by atoms with Crippen molar-refractivity contribution in [2.24, 2.45) is 0 Å². The number of carbonyl (C=O) groups excluding carboxylic acids is 3. The first-order valence-electron chi connectivity index (χ1n) is 16.2. The van der Waals surface area contributed by atoms with Gasteiger partial charge in [-0.05, 0) is 78.3 Å². The Labute approximate surface area is 285 Å².